The number of nitrogens with zero attached hydrogens (tertiary/aromatic N) is 3. The van der Waals surface area contributed by atoms with Crippen molar-refractivity contribution in [1.82, 2.24) is 5.32 Å². The molecule has 2 rings (SSSR count). The summed E-state index contributed by atoms with van der Waals surface area (Å²) in [6.07, 6.45) is -8.14. The lowest BCUT2D eigenvalue weighted by Crippen LogP contribution is -2.64. The van der Waals surface area contributed by atoms with Crippen molar-refractivity contribution in [3.05, 3.63) is 34.2 Å². The third-order valence-electron chi connectivity index (χ3n) is 5.37. The summed E-state index contributed by atoms with van der Waals surface area (Å²) >= 11 is 0. The van der Waals surface area contributed by atoms with Gasteiger partial charge in [0.25, 0.3) is 0 Å². The number of nitrogens with one attached hydrogen (secondary N) is 1. The molecular formula is C24H30N4O14S. The Bertz CT molecular complexity index is 1380. The Kier molecular flexibility index (Phi) is 12.5. The molecule has 1 fully saturated rings. The lowest BCUT2D eigenvalue weighted by atomic mass is 9.97. The van der Waals surface area contributed by atoms with E-state index in [2.05, 4.69) is 15.3 Å². The topological polar surface area (TPSA) is 245 Å². The Morgan fingerprint density at radius 3 is 2.16 bits per heavy atom. The molecule has 1 aromatic rings. The van der Waals surface area contributed by atoms with Gasteiger partial charge in [0.2, 0.25) is 12.4 Å². The Labute approximate surface area is 245 Å². The van der Waals surface area contributed by atoms with E-state index in [1.54, 1.807) is 0 Å². The highest BCUT2D eigenvalue weighted by Crippen LogP contribution is 2.35. The fraction of sp³-hybridized carbons (Fsp3) is 0.542. The molecule has 5 atom stereocenters. The first-order valence-corrected chi connectivity index (χ1v) is 14.4. The first-order valence-electron chi connectivity index (χ1n) is 12.3. The van der Waals surface area contributed by atoms with E-state index >= 15 is 0 Å². The summed E-state index contributed by atoms with van der Waals surface area (Å²) in [5.41, 5.74) is 9.24. The summed E-state index contributed by atoms with van der Waals surface area (Å²) in [6.45, 7) is 2.60. The van der Waals surface area contributed by atoms with Crippen LogP contribution in [-0.2, 0) is 64.0 Å². The molecule has 236 valence electrons. The van der Waals surface area contributed by atoms with Gasteiger partial charge in [-0.3, -0.25) is 14.4 Å². The average molecular weight is 631 g/mol. The van der Waals surface area contributed by atoms with Crippen LogP contribution in [0, 0.1) is 0 Å². The molecule has 43 heavy (non-hydrogen) atoms. The van der Waals surface area contributed by atoms with Crippen LogP contribution in [0.5, 0.6) is 5.75 Å². The number of alkyl carbamates (subject to hydrolysis) is 1. The number of ether oxygens (including phenoxy) is 7. The zero-order chi connectivity index (χ0) is 32.3. The van der Waals surface area contributed by atoms with Crippen molar-refractivity contribution in [2.24, 2.45) is 5.11 Å². The molecule has 18 nitrogen and oxygen atoms in total. The summed E-state index contributed by atoms with van der Waals surface area (Å²) in [5, 5.41) is 5.81. The molecule has 0 aromatic heterocycles. The van der Waals surface area contributed by atoms with E-state index in [1.165, 1.54) is 18.2 Å². The lowest BCUT2D eigenvalue weighted by molar-refractivity contribution is -0.282. The van der Waals surface area contributed by atoms with Crippen LogP contribution in [0.2, 0.25) is 0 Å². The summed E-state index contributed by atoms with van der Waals surface area (Å²) in [4.78, 5) is 62.9. The number of hydrogen-bond acceptors (Lipinski definition) is 15. The van der Waals surface area contributed by atoms with Crippen molar-refractivity contribution in [3.63, 3.8) is 0 Å². The highest BCUT2D eigenvalue weighted by Gasteiger charge is 2.56. The number of hydrogen-bond donors (Lipinski definition) is 1. The molecule has 0 saturated carbocycles. The minimum absolute atomic E-state index is 0.160. The fourth-order valence-corrected chi connectivity index (χ4v) is 4.19. The molecule has 1 N–H and O–H groups in total. The second-order valence-electron chi connectivity index (χ2n) is 8.91. The van der Waals surface area contributed by atoms with E-state index < -0.39 is 70.5 Å². The maximum absolute atomic E-state index is 12.6. The van der Waals surface area contributed by atoms with Gasteiger partial charge in [0.1, 0.15) is 22.2 Å². The van der Waals surface area contributed by atoms with E-state index in [0.717, 1.165) is 34.1 Å². The molecule has 0 radical (unpaired) electrons. The van der Waals surface area contributed by atoms with Gasteiger partial charge < -0.3 is 38.5 Å². The monoisotopic (exact) mass is 630 g/mol. The summed E-state index contributed by atoms with van der Waals surface area (Å²) in [7, 11) is -2.27. The highest BCUT2D eigenvalue weighted by atomic mass is 32.2. The minimum atomic E-state index is -3.30. The minimum Gasteiger partial charge on any atom is -0.467 e. The maximum atomic E-state index is 12.6. The van der Waals surface area contributed by atoms with Gasteiger partial charge in [-0.05, 0) is 23.2 Å². The third-order valence-corrected chi connectivity index (χ3v) is 6.31. The van der Waals surface area contributed by atoms with E-state index in [4.69, 9.17) is 38.7 Å². The third kappa shape index (κ3) is 11.0. The quantitative estimate of drug-likeness (QED) is 0.111. The molecule has 1 amide bonds. The van der Waals surface area contributed by atoms with Gasteiger partial charge >= 0.3 is 30.0 Å². The van der Waals surface area contributed by atoms with Crippen LogP contribution in [0.15, 0.2) is 23.3 Å². The average Bonchev–Trinajstić information content (AvgIpc) is 2.90. The molecule has 1 aromatic carbocycles. The molecule has 0 unspecified atom stereocenters. The van der Waals surface area contributed by atoms with Crippen molar-refractivity contribution in [1.29, 1.82) is 0 Å². The van der Waals surface area contributed by atoms with E-state index in [9.17, 15) is 32.4 Å². The number of carbonyl (C=O) groups excluding carboxylic acids is 5. The smallest absolute Gasteiger partial charge is 0.407 e. The van der Waals surface area contributed by atoms with Crippen molar-refractivity contribution in [2.45, 2.75) is 58.1 Å². The normalized spacial score (nSPS) is 21.3. The zero-order valence-electron chi connectivity index (χ0n) is 23.7. The molecule has 1 saturated heterocycles. The van der Waals surface area contributed by atoms with Gasteiger partial charge in [-0.1, -0.05) is 11.2 Å². The van der Waals surface area contributed by atoms with Gasteiger partial charge in [0.15, 0.2) is 18.3 Å². The number of esters is 4. The SMILES string of the molecule is COC(=O)[C@H]1O[C@@H](Oc2ccc(COC(=O)NCCS(C)(=O)=O)cc2N=[N+]=[N-])[C@H](OC(C)=O)[C@@H](OC(C)=O)[C@@H]1OC(C)=O. The van der Waals surface area contributed by atoms with Crippen LogP contribution < -0.4 is 10.1 Å². The number of carbonyl (C=O) groups is 5. The molecule has 1 aliphatic rings. The van der Waals surface area contributed by atoms with Gasteiger partial charge in [0, 0.05) is 38.5 Å². The first-order chi connectivity index (χ1) is 20.1. The first kappa shape index (κ1) is 34.6. The standard InChI is InChI=1S/C24H30N4O14S/c1-12(29)38-18-19(39-13(2)30)21(40-14(3)31)23(42-20(18)22(32)36-4)41-17-7-6-15(10-16(17)27-28-25)11-37-24(33)26-8-9-43(5,34)35/h6-7,10,18-21,23H,8-9,11H2,1-5H3,(H,26,33)/t18-,19-,20-,21+,23+/m0/s1. The second kappa shape index (κ2) is 15.6. The number of rotatable bonds is 12. The maximum Gasteiger partial charge on any atom is 0.407 e. The molecule has 0 aliphatic carbocycles. The Morgan fingerprint density at radius 2 is 1.60 bits per heavy atom. The van der Waals surface area contributed by atoms with E-state index in [0.29, 0.717) is 5.56 Å². The van der Waals surface area contributed by atoms with Crippen molar-refractivity contribution in [3.8, 4) is 5.75 Å². The largest absolute Gasteiger partial charge is 0.467 e. The van der Waals surface area contributed by atoms with E-state index in [-0.39, 0.29) is 30.3 Å². The van der Waals surface area contributed by atoms with Crippen LogP contribution in [0.3, 0.4) is 0 Å². The Hall–Kier alpha value is -4.61. The highest BCUT2D eigenvalue weighted by molar-refractivity contribution is 7.90. The number of amides is 1. The number of methoxy groups -OCH3 is 1. The molecule has 0 spiro atoms. The molecular weight excluding hydrogens is 600 g/mol. The summed E-state index contributed by atoms with van der Waals surface area (Å²) in [6, 6.07) is 3.97. The molecule has 0 bridgehead atoms. The van der Waals surface area contributed by atoms with Crippen LogP contribution in [0.25, 0.3) is 10.4 Å². The Morgan fingerprint density at radius 1 is 1.00 bits per heavy atom. The Balaban J connectivity index is 2.39. The predicted octanol–water partition coefficient (Wildman–Crippen LogP) is 0.971. The van der Waals surface area contributed by atoms with Crippen LogP contribution >= 0.6 is 0 Å². The number of benzene rings is 1. The number of sulfone groups is 1. The summed E-state index contributed by atoms with van der Waals surface area (Å²) < 4.78 is 59.4. The van der Waals surface area contributed by atoms with E-state index in [1.807, 2.05) is 0 Å². The van der Waals surface area contributed by atoms with Crippen molar-refractivity contribution < 1.29 is 65.5 Å². The zero-order valence-corrected chi connectivity index (χ0v) is 24.5. The summed E-state index contributed by atoms with van der Waals surface area (Å²) in [5.74, 6) is -4.15. The fourth-order valence-electron chi connectivity index (χ4n) is 3.72. The van der Waals surface area contributed by atoms with Gasteiger partial charge in [-0.2, -0.15) is 0 Å². The van der Waals surface area contributed by atoms with Crippen LogP contribution in [0.1, 0.15) is 26.3 Å². The van der Waals surface area contributed by atoms with Crippen molar-refractivity contribution in [2.75, 3.05) is 25.7 Å². The van der Waals surface area contributed by atoms with Crippen molar-refractivity contribution >= 4 is 45.5 Å². The van der Waals surface area contributed by atoms with Gasteiger partial charge in [0.05, 0.1) is 18.6 Å². The van der Waals surface area contributed by atoms with Crippen LogP contribution in [-0.4, -0.2) is 94.8 Å². The second-order valence-corrected chi connectivity index (χ2v) is 11.2. The number of azide groups is 1. The van der Waals surface area contributed by atoms with Gasteiger partial charge in [-0.25, -0.2) is 18.0 Å². The lowest BCUT2D eigenvalue weighted by Gasteiger charge is -2.43. The molecule has 19 heteroatoms. The molecule has 1 aliphatic heterocycles. The van der Waals surface area contributed by atoms with Gasteiger partial charge in [-0.15, -0.1) is 0 Å². The molecule has 1 heterocycles. The van der Waals surface area contributed by atoms with Crippen LogP contribution in [0.4, 0.5) is 10.5 Å². The predicted molar refractivity (Wildman–Crippen MR) is 141 cm³/mol.